The Labute approximate surface area is 253 Å². The third-order valence-electron chi connectivity index (χ3n) is 8.74. The third-order valence-corrected chi connectivity index (χ3v) is 8.74. The fourth-order valence-electron chi connectivity index (χ4n) is 6.39. The second-order valence-corrected chi connectivity index (χ2v) is 11.2. The summed E-state index contributed by atoms with van der Waals surface area (Å²) in [6.07, 6.45) is 2.50. The highest BCUT2D eigenvalue weighted by Crippen LogP contribution is 2.54. The number of ether oxygens (including phenoxy) is 3. The van der Waals surface area contributed by atoms with Crippen molar-refractivity contribution in [2.45, 2.75) is 24.5 Å². The number of methoxy groups -OCH3 is 2. The van der Waals surface area contributed by atoms with Crippen LogP contribution in [-0.2, 0) is 10.4 Å². The van der Waals surface area contributed by atoms with Crippen molar-refractivity contribution in [1.29, 1.82) is 0 Å². The van der Waals surface area contributed by atoms with E-state index in [-0.39, 0.29) is 5.91 Å². The molecule has 0 aromatic heterocycles. The molecule has 222 valence electrons. The topological polar surface area (TPSA) is 71.5 Å². The van der Waals surface area contributed by atoms with Crippen molar-refractivity contribution >= 4 is 11.6 Å². The number of hydrogen-bond acceptors (Lipinski definition) is 6. The van der Waals surface area contributed by atoms with Gasteiger partial charge in [-0.1, -0.05) is 54.6 Å². The Morgan fingerprint density at radius 3 is 1.91 bits per heavy atom. The van der Waals surface area contributed by atoms with Crippen molar-refractivity contribution in [2.75, 3.05) is 45.4 Å². The van der Waals surface area contributed by atoms with Crippen LogP contribution in [0.1, 0.15) is 35.6 Å². The Bertz CT molecular complexity index is 1500. The van der Waals surface area contributed by atoms with E-state index in [2.05, 4.69) is 4.90 Å². The lowest BCUT2D eigenvalue weighted by Gasteiger charge is -2.53. The molecule has 2 fully saturated rings. The summed E-state index contributed by atoms with van der Waals surface area (Å²) in [7, 11) is 3.24. The van der Waals surface area contributed by atoms with E-state index in [4.69, 9.17) is 14.2 Å². The molecule has 1 N–H and O–H groups in total. The Morgan fingerprint density at radius 1 is 0.744 bits per heavy atom. The number of nitrogens with zero attached hydrogens (tertiary/aromatic N) is 2. The molecule has 1 amide bonds. The number of anilines is 1. The monoisotopic (exact) mass is 578 g/mol. The van der Waals surface area contributed by atoms with E-state index in [1.807, 2.05) is 103 Å². The van der Waals surface area contributed by atoms with E-state index in [1.54, 1.807) is 19.1 Å². The molecule has 0 spiro atoms. The maximum Gasteiger partial charge on any atom is 0.236 e. The predicted molar refractivity (Wildman–Crippen MR) is 167 cm³/mol. The van der Waals surface area contributed by atoms with E-state index in [1.165, 1.54) is 12.8 Å². The third kappa shape index (κ3) is 5.58. The molecule has 2 heterocycles. The molecular formula is C36H38N2O5. The average Bonchev–Trinajstić information content (AvgIpc) is 3.58. The van der Waals surface area contributed by atoms with Crippen molar-refractivity contribution in [1.82, 2.24) is 4.90 Å². The van der Waals surface area contributed by atoms with Gasteiger partial charge in [0, 0.05) is 12.2 Å². The van der Waals surface area contributed by atoms with Gasteiger partial charge >= 0.3 is 0 Å². The first-order chi connectivity index (χ1) is 21.0. The maximum atomic E-state index is 14.2. The lowest BCUT2D eigenvalue weighted by Crippen LogP contribution is -2.63. The highest BCUT2D eigenvalue weighted by Gasteiger charge is 2.60. The minimum absolute atomic E-state index is 0.164. The van der Waals surface area contributed by atoms with Crippen LogP contribution in [0.5, 0.6) is 17.2 Å². The van der Waals surface area contributed by atoms with E-state index in [0.717, 1.165) is 42.4 Å². The molecule has 43 heavy (non-hydrogen) atoms. The van der Waals surface area contributed by atoms with Crippen LogP contribution in [0.2, 0.25) is 0 Å². The van der Waals surface area contributed by atoms with Crippen LogP contribution in [0.15, 0.2) is 103 Å². The number of rotatable bonds is 11. The molecule has 7 heteroatoms. The fourth-order valence-corrected chi connectivity index (χ4v) is 6.39. The molecule has 4 aromatic carbocycles. The molecule has 2 aliphatic rings. The van der Waals surface area contributed by atoms with Crippen molar-refractivity contribution in [3.8, 4) is 17.2 Å². The van der Waals surface area contributed by atoms with E-state index < -0.39 is 17.6 Å². The molecule has 2 aliphatic heterocycles. The van der Waals surface area contributed by atoms with Crippen LogP contribution in [-0.4, -0.2) is 56.4 Å². The van der Waals surface area contributed by atoms with Gasteiger partial charge < -0.3 is 24.2 Å². The largest absolute Gasteiger partial charge is 0.497 e. The quantitative estimate of drug-likeness (QED) is 0.226. The molecule has 1 unspecified atom stereocenters. The van der Waals surface area contributed by atoms with Gasteiger partial charge in [-0.2, -0.15) is 0 Å². The van der Waals surface area contributed by atoms with Crippen molar-refractivity contribution < 1.29 is 24.1 Å². The van der Waals surface area contributed by atoms with Crippen LogP contribution >= 0.6 is 0 Å². The second-order valence-electron chi connectivity index (χ2n) is 11.2. The second kappa shape index (κ2) is 12.5. The van der Waals surface area contributed by atoms with Crippen LogP contribution in [0.4, 0.5) is 5.69 Å². The molecule has 7 nitrogen and oxygen atoms in total. The first-order valence-electron chi connectivity index (χ1n) is 14.9. The van der Waals surface area contributed by atoms with Gasteiger partial charge in [-0.25, -0.2) is 0 Å². The summed E-state index contributed by atoms with van der Waals surface area (Å²) < 4.78 is 16.8. The van der Waals surface area contributed by atoms with Crippen molar-refractivity contribution in [3.63, 3.8) is 0 Å². The van der Waals surface area contributed by atoms with Gasteiger partial charge in [0.25, 0.3) is 0 Å². The Balaban J connectivity index is 1.36. The number of aliphatic hydroxyl groups is 1. The summed E-state index contributed by atoms with van der Waals surface area (Å²) in [5, 5.41) is 12.8. The Morgan fingerprint density at radius 2 is 1.30 bits per heavy atom. The molecule has 4 aromatic rings. The van der Waals surface area contributed by atoms with Gasteiger partial charge in [0.2, 0.25) is 5.91 Å². The molecule has 0 bridgehead atoms. The van der Waals surface area contributed by atoms with Crippen LogP contribution < -0.4 is 19.1 Å². The number of benzene rings is 4. The summed E-state index contributed by atoms with van der Waals surface area (Å²) >= 11 is 0. The van der Waals surface area contributed by atoms with Gasteiger partial charge in [0.15, 0.2) is 0 Å². The smallest absolute Gasteiger partial charge is 0.236 e. The Hall–Kier alpha value is -4.33. The Kier molecular flexibility index (Phi) is 8.36. The van der Waals surface area contributed by atoms with Crippen molar-refractivity contribution in [2.24, 2.45) is 5.92 Å². The number of carbonyl (C=O) groups excluding carboxylic acids is 1. The molecule has 0 radical (unpaired) electrons. The molecule has 0 saturated carbocycles. The molecule has 0 aliphatic carbocycles. The highest BCUT2D eigenvalue weighted by atomic mass is 16.5. The first kappa shape index (κ1) is 28.8. The van der Waals surface area contributed by atoms with Crippen LogP contribution in [0, 0.1) is 5.92 Å². The summed E-state index contributed by atoms with van der Waals surface area (Å²) in [6.45, 7) is 3.77. The van der Waals surface area contributed by atoms with Gasteiger partial charge in [-0.05, 0) is 91.2 Å². The number of carbonyl (C=O) groups is 1. The van der Waals surface area contributed by atoms with E-state index in [9.17, 15) is 9.90 Å². The first-order valence-corrected chi connectivity index (χ1v) is 14.9. The summed E-state index contributed by atoms with van der Waals surface area (Å²) in [5.41, 5.74) is 1.33. The van der Waals surface area contributed by atoms with Gasteiger partial charge in [0.05, 0.1) is 20.3 Å². The predicted octanol–water partition coefficient (Wildman–Crippen LogP) is 5.82. The van der Waals surface area contributed by atoms with Gasteiger partial charge in [0.1, 0.15) is 35.4 Å². The fraction of sp³-hybridized carbons (Fsp3) is 0.306. The molecule has 3 atom stereocenters. The highest BCUT2D eigenvalue weighted by molar-refractivity contribution is 6.04. The summed E-state index contributed by atoms with van der Waals surface area (Å²) in [6, 6.07) is 31.7. The number of β-lactam (4-membered cyclic amide) rings is 1. The lowest BCUT2D eigenvalue weighted by atomic mass is 9.65. The van der Waals surface area contributed by atoms with E-state index >= 15 is 0 Å². The molecule has 6 rings (SSSR count). The zero-order valence-corrected chi connectivity index (χ0v) is 24.7. The standard InChI is InChI=1S/C36H38N2O5/c1-41-30-16-10-26(11-17-30)34-33(35(39)38(34)29-14-20-31(42-2)21-15-29)36(40,27-8-4-3-5-9-27)28-12-18-32(19-13-28)43-25-24-37-22-6-7-23-37/h3-5,8-21,33-34,40H,6-7,22-25H2,1-2H3/t33?,34-,36+/m0/s1. The van der Waals surface area contributed by atoms with Crippen LogP contribution in [0.3, 0.4) is 0 Å². The van der Waals surface area contributed by atoms with Crippen molar-refractivity contribution in [3.05, 3.63) is 120 Å². The van der Waals surface area contributed by atoms with Gasteiger partial charge in [-0.15, -0.1) is 0 Å². The minimum atomic E-state index is -1.60. The van der Waals surface area contributed by atoms with Crippen LogP contribution in [0.25, 0.3) is 0 Å². The zero-order valence-electron chi connectivity index (χ0n) is 24.7. The minimum Gasteiger partial charge on any atom is -0.497 e. The SMILES string of the molecule is COc1ccc([C@H]2C([C@@](O)(c3ccccc3)c3ccc(OCCN4CCCC4)cc3)C(=O)N2c2ccc(OC)cc2)cc1. The average molecular weight is 579 g/mol. The maximum absolute atomic E-state index is 14.2. The lowest BCUT2D eigenvalue weighted by molar-refractivity contribution is -0.142. The molecular weight excluding hydrogens is 540 g/mol. The number of amides is 1. The van der Waals surface area contributed by atoms with Gasteiger partial charge in [-0.3, -0.25) is 9.69 Å². The summed E-state index contributed by atoms with van der Waals surface area (Å²) in [5.74, 6) is 1.22. The number of likely N-dealkylation sites (tertiary alicyclic amines) is 1. The molecule has 2 saturated heterocycles. The zero-order chi connectivity index (χ0) is 29.8. The summed E-state index contributed by atoms with van der Waals surface area (Å²) in [4.78, 5) is 18.4. The normalized spacial score (nSPS) is 19.9. The van der Waals surface area contributed by atoms with E-state index in [0.29, 0.717) is 23.5 Å². The number of hydrogen-bond donors (Lipinski definition) is 1.